The highest BCUT2D eigenvalue weighted by molar-refractivity contribution is 8.15. The second-order valence-electron chi connectivity index (χ2n) is 8.74. The number of hydrogen-bond acceptors (Lipinski definition) is 6. The standard InChI is InChI=1S/C26H30N4O4S/c1-17-5-10-21(18(2)15-17)34-14-11-27-24(32)19-6-8-20(9-7-19)28-23(31)16-22-25(33)29-26(35-22)30-12-3-4-13-30/h5-10,15,22H,3-4,11-14,16H2,1-2H3,(H,27,32)(H,28,31)/t22-/m0/s1. The molecule has 8 nitrogen and oxygen atoms in total. The summed E-state index contributed by atoms with van der Waals surface area (Å²) in [6, 6.07) is 12.6. The number of amides is 3. The van der Waals surface area contributed by atoms with Gasteiger partial charge in [-0.3, -0.25) is 14.4 Å². The van der Waals surface area contributed by atoms with Crippen LogP contribution in [0.15, 0.2) is 47.5 Å². The van der Waals surface area contributed by atoms with Crippen LogP contribution in [-0.2, 0) is 9.59 Å². The van der Waals surface area contributed by atoms with Crippen molar-refractivity contribution >= 4 is 40.3 Å². The lowest BCUT2D eigenvalue weighted by molar-refractivity contribution is -0.121. The summed E-state index contributed by atoms with van der Waals surface area (Å²) < 4.78 is 5.74. The van der Waals surface area contributed by atoms with E-state index in [0.29, 0.717) is 24.4 Å². The van der Waals surface area contributed by atoms with E-state index in [1.807, 2.05) is 26.0 Å². The zero-order valence-corrected chi connectivity index (χ0v) is 20.8. The van der Waals surface area contributed by atoms with Crippen LogP contribution in [0.2, 0.25) is 0 Å². The molecule has 0 unspecified atom stereocenters. The van der Waals surface area contributed by atoms with Gasteiger partial charge in [-0.15, -0.1) is 0 Å². The smallest absolute Gasteiger partial charge is 0.262 e. The fourth-order valence-corrected chi connectivity index (χ4v) is 5.14. The van der Waals surface area contributed by atoms with Gasteiger partial charge in [-0.25, -0.2) is 0 Å². The van der Waals surface area contributed by atoms with Crippen molar-refractivity contribution in [1.82, 2.24) is 10.2 Å². The monoisotopic (exact) mass is 494 g/mol. The number of aryl methyl sites for hydroxylation is 2. The first-order valence-corrected chi connectivity index (χ1v) is 12.7. The molecule has 184 valence electrons. The molecule has 3 amide bonds. The van der Waals surface area contributed by atoms with Gasteiger partial charge in [-0.05, 0) is 62.6 Å². The SMILES string of the molecule is Cc1ccc(OCCNC(=O)c2ccc(NC(=O)C[C@@H]3SC(N4CCCC4)=NC3=O)cc2)c(C)c1. The van der Waals surface area contributed by atoms with E-state index in [-0.39, 0.29) is 24.1 Å². The van der Waals surface area contributed by atoms with Crippen LogP contribution in [0.1, 0.15) is 40.7 Å². The van der Waals surface area contributed by atoms with Crippen LogP contribution < -0.4 is 15.4 Å². The molecule has 0 bridgehead atoms. The maximum atomic E-state index is 12.5. The maximum Gasteiger partial charge on any atom is 0.262 e. The first-order chi connectivity index (χ1) is 16.9. The lowest BCUT2D eigenvalue weighted by atomic mass is 10.1. The molecule has 0 aliphatic carbocycles. The van der Waals surface area contributed by atoms with Gasteiger partial charge in [0.05, 0.1) is 6.54 Å². The number of carbonyl (C=O) groups is 3. The summed E-state index contributed by atoms with van der Waals surface area (Å²) >= 11 is 1.37. The Morgan fingerprint density at radius 1 is 1.11 bits per heavy atom. The molecule has 4 rings (SSSR count). The van der Waals surface area contributed by atoms with E-state index in [4.69, 9.17) is 4.74 Å². The number of aliphatic imine (C=N–C) groups is 1. The molecule has 2 aliphatic heterocycles. The molecule has 0 saturated carbocycles. The third-order valence-electron chi connectivity index (χ3n) is 5.88. The van der Waals surface area contributed by atoms with Crippen molar-refractivity contribution in [2.75, 3.05) is 31.6 Å². The number of carbonyl (C=O) groups excluding carboxylic acids is 3. The van der Waals surface area contributed by atoms with Crippen molar-refractivity contribution in [2.24, 2.45) is 4.99 Å². The van der Waals surface area contributed by atoms with Gasteiger partial charge in [0.2, 0.25) is 5.91 Å². The van der Waals surface area contributed by atoms with E-state index in [1.54, 1.807) is 24.3 Å². The highest BCUT2D eigenvalue weighted by Gasteiger charge is 2.33. The Morgan fingerprint density at radius 3 is 2.57 bits per heavy atom. The molecule has 0 aromatic heterocycles. The van der Waals surface area contributed by atoms with Gasteiger partial charge < -0.3 is 20.3 Å². The largest absolute Gasteiger partial charge is 0.491 e. The van der Waals surface area contributed by atoms with E-state index < -0.39 is 5.25 Å². The van der Waals surface area contributed by atoms with E-state index >= 15 is 0 Å². The zero-order chi connectivity index (χ0) is 24.8. The van der Waals surface area contributed by atoms with Crippen LogP contribution in [0.3, 0.4) is 0 Å². The second-order valence-corrected chi connectivity index (χ2v) is 9.91. The molecule has 2 aromatic rings. The number of hydrogen-bond donors (Lipinski definition) is 2. The van der Waals surface area contributed by atoms with Crippen LogP contribution in [0.25, 0.3) is 0 Å². The van der Waals surface area contributed by atoms with Crippen molar-refractivity contribution in [3.8, 4) is 5.75 Å². The zero-order valence-electron chi connectivity index (χ0n) is 20.0. The Hall–Kier alpha value is -3.33. The number of ether oxygens (including phenoxy) is 1. The van der Waals surface area contributed by atoms with Crippen molar-refractivity contribution < 1.29 is 19.1 Å². The number of amidine groups is 1. The molecule has 1 saturated heterocycles. The van der Waals surface area contributed by atoms with Gasteiger partial charge in [0.1, 0.15) is 17.6 Å². The fraction of sp³-hybridized carbons (Fsp3) is 0.385. The topological polar surface area (TPSA) is 100 Å². The molecule has 35 heavy (non-hydrogen) atoms. The third kappa shape index (κ3) is 6.63. The lowest BCUT2D eigenvalue weighted by Gasteiger charge is -2.16. The van der Waals surface area contributed by atoms with Crippen molar-refractivity contribution in [3.63, 3.8) is 0 Å². The third-order valence-corrected chi connectivity index (χ3v) is 7.10. The van der Waals surface area contributed by atoms with E-state index in [9.17, 15) is 14.4 Å². The van der Waals surface area contributed by atoms with E-state index in [2.05, 4.69) is 26.6 Å². The minimum Gasteiger partial charge on any atom is -0.491 e. The van der Waals surface area contributed by atoms with Gasteiger partial charge in [0, 0.05) is 30.8 Å². The van der Waals surface area contributed by atoms with Crippen molar-refractivity contribution in [2.45, 2.75) is 38.4 Å². The van der Waals surface area contributed by atoms with Gasteiger partial charge in [-0.2, -0.15) is 4.99 Å². The molecule has 0 spiro atoms. The summed E-state index contributed by atoms with van der Waals surface area (Å²) in [7, 11) is 0. The Balaban J connectivity index is 1.19. The summed E-state index contributed by atoms with van der Waals surface area (Å²) in [6.45, 7) is 6.59. The Labute approximate surface area is 209 Å². The number of benzene rings is 2. The van der Waals surface area contributed by atoms with Crippen LogP contribution in [-0.4, -0.2) is 59.3 Å². The van der Waals surface area contributed by atoms with Crippen LogP contribution in [0, 0.1) is 13.8 Å². The van der Waals surface area contributed by atoms with Gasteiger partial charge in [0.15, 0.2) is 5.17 Å². The maximum absolute atomic E-state index is 12.5. The number of nitrogens with one attached hydrogen (secondary N) is 2. The molecular weight excluding hydrogens is 464 g/mol. The highest BCUT2D eigenvalue weighted by Crippen LogP contribution is 2.29. The molecule has 1 fully saturated rings. The summed E-state index contributed by atoms with van der Waals surface area (Å²) in [5.41, 5.74) is 3.29. The molecule has 2 aromatic carbocycles. The van der Waals surface area contributed by atoms with Gasteiger partial charge in [-0.1, -0.05) is 29.5 Å². The molecule has 1 atom stereocenters. The molecule has 2 N–H and O–H groups in total. The predicted molar refractivity (Wildman–Crippen MR) is 138 cm³/mol. The predicted octanol–water partition coefficient (Wildman–Crippen LogP) is 3.53. The Bertz CT molecular complexity index is 1130. The first-order valence-electron chi connectivity index (χ1n) is 11.8. The minimum atomic E-state index is -0.485. The number of thioether (sulfide) groups is 1. The normalized spacial score (nSPS) is 17.3. The summed E-state index contributed by atoms with van der Waals surface area (Å²) in [6.07, 6.45) is 2.27. The second kappa shape index (κ2) is 11.4. The lowest BCUT2D eigenvalue weighted by Crippen LogP contribution is -2.28. The van der Waals surface area contributed by atoms with Gasteiger partial charge >= 0.3 is 0 Å². The van der Waals surface area contributed by atoms with Crippen LogP contribution in [0.4, 0.5) is 5.69 Å². The average molecular weight is 495 g/mol. The molecule has 9 heteroatoms. The van der Waals surface area contributed by atoms with Crippen molar-refractivity contribution in [1.29, 1.82) is 0 Å². The average Bonchev–Trinajstić information content (AvgIpc) is 3.48. The van der Waals surface area contributed by atoms with Gasteiger partial charge in [0.25, 0.3) is 11.8 Å². The molecular formula is C26H30N4O4S. The Morgan fingerprint density at radius 2 is 1.86 bits per heavy atom. The minimum absolute atomic E-state index is 0.0625. The number of nitrogens with zero attached hydrogens (tertiary/aromatic N) is 2. The van der Waals surface area contributed by atoms with E-state index in [0.717, 1.165) is 42.4 Å². The van der Waals surface area contributed by atoms with Crippen LogP contribution in [0.5, 0.6) is 5.75 Å². The van der Waals surface area contributed by atoms with Crippen LogP contribution >= 0.6 is 11.8 Å². The quantitative estimate of drug-likeness (QED) is 0.545. The molecule has 0 radical (unpaired) electrons. The summed E-state index contributed by atoms with van der Waals surface area (Å²) in [5, 5.41) is 5.88. The summed E-state index contributed by atoms with van der Waals surface area (Å²) in [5.74, 6) is 0.0863. The summed E-state index contributed by atoms with van der Waals surface area (Å²) in [4.78, 5) is 43.3. The fourth-order valence-electron chi connectivity index (χ4n) is 4.03. The number of anilines is 1. The highest BCUT2D eigenvalue weighted by atomic mass is 32.2. The number of rotatable bonds is 8. The molecule has 2 heterocycles. The van der Waals surface area contributed by atoms with Crippen molar-refractivity contribution in [3.05, 3.63) is 59.2 Å². The first kappa shape index (κ1) is 24.8. The van der Waals surface area contributed by atoms with E-state index in [1.165, 1.54) is 17.3 Å². The Kier molecular flexibility index (Phi) is 8.07. The molecule has 2 aliphatic rings. The number of likely N-dealkylation sites (tertiary alicyclic amines) is 1.